The number of carbonyl (C=O) groups is 2. The SMILES string of the molecule is C=CC(=O)COCCOc1ccc(-c2ccc(COc3ccc(OCc4ccc5cc(OCCCOCC6CCC7OC7C6)ccc5c4)c(/C=N/N(CCOC(=O)C=C)c4nc5ccccc5s4)c3)cc2)cc1. The van der Waals surface area contributed by atoms with E-state index in [1.54, 1.807) is 11.2 Å². The minimum atomic E-state index is -0.515. The smallest absolute Gasteiger partial charge is 0.330 e. The molecule has 6 aromatic carbocycles. The quantitative estimate of drug-likeness (QED) is 0.0115. The van der Waals surface area contributed by atoms with E-state index in [0.29, 0.717) is 85.7 Å². The van der Waals surface area contributed by atoms with Crippen LogP contribution in [0.15, 0.2) is 158 Å². The van der Waals surface area contributed by atoms with Crippen LogP contribution in [-0.2, 0) is 41.8 Å². The summed E-state index contributed by atoms with van der Waals surface area (Å²) in [6, 6.07) is 42.0. The van der Waals surface area contributed by atoms with Gasteiger partial charge in [0.1, 0.15) is 56.0 Å². The predicted octanol–water partition coefficient (Wildman–Crippen LogP) is 11.3. The fourth-order valence-corrected chi connectivity index (χ4v) is 9.40. The molecule has 0 amide bonds. The molecule has 1 aromatic heterocycles. The number of fused-ring (bicyclic) bond motifs is 3. The number of thiazole rings is 1. The zero-order valence-corrected chi connectivity index (χ0v) is 41.6. The summed E-state index contributed by atoms with van der Waals surface area (Å²) in [5.74, 6) is 2.70. The van der Waals surface area contributed by atoms with Gasteiger partial charge in [0.15, 0.2) is 5.78 Å². The van der Waals surface area contributed by atoms with Crippen LogP contribution in [-0.4, -0.2) is 88.0 Å². The van der Waals surface area contributed by atoms with Gasteiger partial charge in [-0.1, -0.05) is 91.2 Å². The van der Waals surface area contributed by atoms with Crippen LogP contribution in [0.4, 0.5) is 5.13 Å². The van der Waals surface area contributed by atoms with Crippen molar-refractivity contribution in [1.82, 2.24) is 4.98 Å². The van der Waals surface area contributed by atoms with Gasteiger partial charge in [-0.3, -0.25) is 4.79 Å². The lowest BCUT2D eigenvalue weighted by molar-refractivity contribution is -0.137. The van der Waals surface area contributed by atoms with Crippen molar-refractivity contribution in [3.8, 4) is 34.1 Å². The summed E-state index contributed by atoms with van der Waals surface area (Å²) >= 11 is 1.49. The Morgan fingerprint density at radius 1 is 0.699 bits per heavy atom. The molecular formula is C59H59N3O10S. The third-order valence-electron chi connectivity index (χ3n) is 12.5. The van der Waals surface area contributed by atoms with Gasteiger partial charge in [-0.15, -0.1) is 0 Å². The van der Waals surface area contributed by atoms with Crippen LogP contribution in [0, 0.1) is 5.92 Å². The van der Waals surface area contributed by atoms with Gasteiger partial charge in [-0.05, 0) is 125 Å². The fourth-order valence-electron chi connectivity index (χ4n) is 8.45. The van der Waals surface area contributed by atoms with Gasteiger partial charge in [0.2, 0.25) is 5.13 Å². The molecule has 0 spiro atoms. The summed E-state index contributed by atoms with van der Waals surface area (Å²) in [5, 5.41) is 9.41. The molecule has 3 atom stereocenters. The minimum Gasteiger partial charge on any atom is -0.493 e. The maximum absolute atomic E-state index is 12.0. The lowest BCUT2D eigenvalue weighted by Gasteiger charge is -2.18. The van der Waals surface area contributed by atoms with Gasteiger partial charge in [-0.25, -0.2) is 14.8 Å². The molecule has 7 aromatic rings. The Hall–Kier alpha value is -7.36. The summed E-state index contributed by atoms with van der Waals surface area (Å²) in [4.78, 5) is 28.1. The van der Waals surface area contributed by atoms with E-state index in [-0.39, 0.29) is 25.5 Å². The Morgan fingerprint density at radius 3 is 2.26 bits per heavy atom. The third kappa shape index (κ3) is 14.6. The Kier molecular flexibility index (Phi) is 17.6. The second-order valence-electron chi connectivity index (χ2n) is 17.8. The number of anilines is 1. The van der Waals surface area contributed by atoms with Crippen LogP contribution < -0.4 is 24.0 Å². The van der Waals surface area contributed by atoms with Gasteiger partial charge in [0, 0.05) is 31.3 Å². The number of hydrazone groups is 1. The summed E-state index contributed by atoms with van der Waals surface area (Å²) < 4.78 is 48.1. The van der Waals surface area contributed by atoms with Gasteiger partial charge in [0.25, 0.3) is 0 Å². The topological polar surface area (TPSA) is 140 Å². The first-order valence-corrected chi connectivity index (χ1v) is 25.5. The highest BCUT2D eigenvalue weighted by Crippen LogP contribution is 2.39. The van der Waals surface area contributed by atoms with Gasteiger partial charge < -0.3 is 37.9 Å². The Morgan fingerprint density at radius 2 is 1.44 bits per heavy atom. The zero-order valence-electron chi connectivity index (χ0n) is 40.7. The number of epoxide rings is 1. The molecule has 9 rings (SSSR count). The number of ketones is 1. The first-order chi connectivity index (χ1) is 35.8. The second-order valence-corrected chi connectivity index (χ2v) is 18.8. The summed E-state index contributed by atoms with van der Waals surface area (Å²) in [5.41, 5.74) is 5.60. The summed E-state index contributed by atoms with van der Waals surface area (Å²) in [6.07, 6.45) is 9.43. The van der Waals surface area contributed by atoms with Crippen molar-refractivity contribution in [2.24, 2.45) is 11.0 Å². The normalized spacial score (nSPS) is 15.9. The van der Waals surface area contributed by atoms with Crippen LogP contribution >= 0.6 is 11.3 Å². The highest BCUT2D eigenvalue weighted by Gasteiger charge is 2.43. The van der Waals surface area contributed by atoms with Crippen LogP contribution in [0.25, 0.3) is 32.1 Å². The maximum atomic E-state index is 12.0. The van der Waals surface area contributed by atoms with Crippen molar-refractivity contribution in [3.05, 3.63) is 169 Å². The number of ether oxygens (including phenoxy) is 8. The average molecular weight is 1000 g/mol. The standard InChI is InChI=1S/C59H59N3O10S/c1-3-49(63)40-66-30-31-68-50-20-17-45(18-21-50)44-14-10-41(11-15-44)38-70-52-23-25-54(48(35-52)36-60-62(26-29-69-58(64)4-2)59-61-53-8-5-6-9-57(53)73-59)71-39-42-12-16-47-34-51(22-19-46(47)32-42)67-28-7-27-65-37-43-13-24-55-56(33-43)72-55/h3-6,8-12,14-23,25,32,34-36,43,55-56H,1-2,7,13,24,26-31,33,37-40H2/b60-36+. The molecule has 14 heteroatoms. The number of benzene rings is 6. The van der Waals surface area contributed by atoms with E-state index >= 15 is 0 Å². The number of para-hydroxylation sites is 1. The molecule has 2 fully saturated rings. The first kappa shape index (κ1) is 50.6. The van der Waals surface area contributed by atoms with Crippen molar-refractivity contribution < 1.29 is 47.5 Å². The fraction of sp³-hybridized carbons (Fsp3) is 0.288. The van der Waals surface area contributed by atoms with Crippen LogP contribution in [0.5, 0.6) is 23.0 Å². The molecule has 13 nitrogen and oxygen atoms in total. The molecule has 1 aliphatic heterocycles. The lowest BCUT2D eigenvalue weighted by Crippen LogP contribution is -2.23. The molecule has 2 aliphatic rings. The molecule has 1 saturated heterocycles. The molecule has 1 aliphatic carbocycles. The van der Waals surface area contributed by atoms with E-state index in [1.807, 2.05) is 84.9 Å². The van der Waals surface area contributed by atoms with E-state index in [4.69, 9.17) is 48.0 Å². The predicted molar refractivity (Wildman–Crippen MR) is 285 cm³/mol. The number of aromatic nitrogens is 1. The van der Waals surface area contributed by atoms with E-state index in [0.717, 1.165) is 74.5 Å². The molecule has 0 bridgehead atoms. The number of rotatable bonds is 28. The monoisotopic (exact) mass is 1000 g/mol. The number of hydrogen-bond acceptors (Lipinski definition) is 14. The van der Waals surface area contributed by atoms with Gasteiger partial charge >= 0.3 is 5.97 Å². The van der Waals surface area contributed by atoms with Crippen molar-refractivity contribution in [1.29, 1.82) is 0 Å². The number of esters is 1. The second kappa shape index (κ2) is 25.3. The van der Waals surface area contributed by atoms with Crippen LogP contribution in [0.2, 0.25) is 0 Å². The minimum absolute atomic E-state index is 0.00333. The highest BCUT2D eigenvalue weighted by atomic mass is 32.1. The maximum Gasteiger partial charge on any atom is 0.330 e. The number of carbonyl (C=O) groups excluding carboxylic acids is 2. The van der Waals surface area contributed by atoms with E-state index in [2.05, 4.69) is 55.6 Å². The third-order valence-corrected chi connectivity index (χ3v) is 13.5. The largest absolute Gasteiger partial charge is 0.493 e. The molecule has 3 unspecified atom stereocenters. The van der Waals surface area contributed by atoms with E-state index in [1.165, 1.54) is 30.3 Å². The molecular weight excluding hydrogens is 943 g/mol. The highest BCUT2D eigenvalue weighted by molar-refractivity contribution is 7.22. The van der Waals surface area contributed by atoms with Gasteiger partial charge in [0.05, 0.1) is 48.4 Å². The molecule has 0 N–H and O–H groups in total. The summed E-state index contributed by atoms with van der Waals surface area (Å²) in [7, 11) is 0. The lowest BCUT2D eigenvalue weighted by atomic mass is 9.90. The van der Waals surface area contributed by atoms with Gasteiger partial charge in [-0.2, -0.15) is 5.10 Å². The van der Waals surface area contributed by atoms with E-state index < -0.39 is 5.97 Å². The number of nitrogens with zero attached hydrogens (tertiary/aromatic N) is 3. The first-order valence-electron chi connectivity index (χ1n) is 24.7. The molecule has 0 radical (unpaired) electrons. The van der Waals surface area contributed by atoms with Crippen molar-refractivity contribution >= 4 is 55.4 Å². The zero-order chi connectivity index (χ0) is 50.2. The number of hydrogen-bond donors (Lipinski definition) is 0. The summed E-state index contributed by atoms with van der Waals surface area (Å²) in [6.45, 7) is 10.6. The Labute approximate surface area is 429 Å². The molecule has 1 saturated carbocycles. The molecule has 73 heavy (non-hydrogen) atoms. The van der Waals surface area contributed by atoms with Crippen LogP contribution in [0.1, 0.15) is 42.4 Å². The van der Waals surface area contributed by atoms with Crippen molar-refractivity contribution in [2.75, 3.05) is 57.8 Å². The Bertz CT molecular complexity index is 2980. The van der Waals surface area contributed by atoms with Crippen molar-refractivity contribution in [2.45, 2.75) is 51.1 Å². The average Bonchev–Trinajstić information content (AvgIpc) is 4.08. The van der Waals surface area contributed by atoms with Crippen molar-refractivity contribution in [3.63, 3.8) is 0 Å². The Balaban J connectivity index is 0.844. The molecule has 2 heterocycles. The molecule has 376 valence electrons. The van der Waals surface area contributed by atoms with Crippen LogP contribution in [0.3, 0.4) is 0 Å². The van der Waals surface area contributed by atoms with E-state index in [9.17, 15) is 9.59 Å².